The zero-order valence-electron chi connectivity index (χ0n) is 8.74. The maximum Gasteiger partial charge on any atom is 0.344 e. The van der Waals surface area contributed by atoms with Crippen molar-refractivity contribution in [3.05, 3.63) is 30.3 Å². The monoisotopic (exact) mass is 251 g/mol. The number of ether oxygens (including phenoxy) is 1. The smallest absolute Gasteiger partial charge is 0.344 e. The molecule has 0 spiro atoms. The molecule has 0 bridgehead atoms. The lowest BCUT2D eigenvalue weighted by Crippen LogP contribution is -2.54. The number of carbonyl (C=O) groups is 2. The van der Waals surface area contributed by atoms with Gasteiger partial charge in [-0.2, -0.15) is 0 Å². The molecular formula is C11H9NO4S. The predicted octanol–water partition coefficient (Wildman–Crippen LogP) is 0.235. The molecule has 2 fully saturated rings. The molecule has 0 aromatic heterocycles. The van der Waals surface area contributed by atoms with Crippen LogP contribution in [0.4, 0.5) is 0 Å². The second kappa shape index (κ2) is 3.66. The van der Waals surface area contributed by atoms with Gasteiger partial charge in [0.2, 0.25) is 11.3 Å². The minimum absolute atomic E-state index is 0.185. The number of benzene rings is 1. The van der Waals surface area contributed by atoms with Crippen LogP contribution in [-0.2, 0) is 25.1 Å². The van der Waals surface area contributed by atoms with Gasteiger partial charge in [-0.15, -0.1) is 0 Å². The number of fused-ring (bicyclic) bond motifs is 1. The maximum atomic E-state index is 12.2. The molecule has 0 radical (unpaired) electrons. The Balaban J connectivity index is 1.92. The number of nitrogens with zero attached hydrogens (tertiary/aromatic N) is 1. The normalized spacial score (nSPS) is 28.4. The highest BCUT2D eigenvalue weighted by Crippen LogP contribution is 2.33. The summed E-state index contributed by atoms with van der Waals surface area (Å²) in [6.07, 6.45) is -0.304. The number of esters is 1. The number of carbonyl (C=O) groups excluding carboxylic acids is 2. The van der Waals surface area contributed by atoms with Crippen LogP contribution in [0, 0.1) is 0 Å². The predicted molar refractivity (Wildman–Crippen MR) is 58.0 cm³/mol. The molecule has 0 N–H and O–H groups in total. The standard InChI is InChI=1S/C11H9NO4S/c13-8-6-9-12(8)10(11(14)16-9)17(15)7-4-2-1-3-5-7/h1-5,9-10H,6H2/t9-,10+,17?/m1/s1. The summed E-state index contributed by atoms with van der Waals surface area (Å²) in [5, 5.41) is -0.983. The van der Waals surface area contributed by atoms with Gasteiger partial charge < -0.3 is 4.74 Å². The van der Waals surface area contributed by atoms with E-state index in [2.05, 4.69) is 0 Å². The quantitative estimate of drug-likeness (QED) is 0.558. The summed E-state index contributed by atoms with van der Waals surface area (Å²) < 4.78 is 17.2. The maximum absolute atomic E-state index is 12.2. The van der Waals surface area contributed by atoms with Crippen molar-refractivity contribution in [1.82, 2.24) is 4.90 Å². The highest BCUT2D eigenvalue weighted by Gasteiger charge is 2.55. The molecule has 1 unspecified atom stereocenters. The number of hydrogen-bond acceptors (Lipinski definition) is 4. The zero-order chi connectivity index (χ0) is 12.0. The summed E-state index contributed by atoms with van der Waals surface area (Å²) in [5.74, 6) is -0.766. The van der Waals surface area contributed by atoms with Crippen LogP contribution in [0.5, 0.6) is 0 Å². The molecule has 2 heterocycles. The first-order valence-corrected chi connectivity index (χ1v) is 6.37. The van der Waals surface area contributed by atoms with Gasteiger partial charge in [0.05, 0.1) is 17.2 Å². The van der Waals surface area contributed by atoms with Crippen LogP contribution in [0.3, 0.4) is 0 Å². The Morgan fingerprint density at radius 1 is 1.24 bits per heavy atom. The molecule has 0 saturated carbocycles. The zero-order valence-corrected chi connectivity index (χ0v) is 9.55. The molecule has 2 saturated heterocycles. The lowest BCUT2D eigenvalue weighted by molar-refractivity contribution is -0.159. The Hall–Kier alpha value is -1.69. The molecule has 5 nitrogen and oxygen atoms in total. The molecule has 17 heavy (non-hydrogen) atoms. The summed E-state index contributed by atoms with van der Waals surface area (Å²) in [7, 11) is -1.58. The van der Waals surface area contributed by atoms with Crippen molar-refractivity contribution in [3.8, 4) is 0 Å². The van der Waals surface area contributed by atoms with Gasteiger partial charge in [0.1, 0.15) is 0 Å². The first-order chi connectivity index (χ1) is 8.18. The van der Waals surface area contributed by atoms with Gasteiger partial charge in [0, 0.05) is 4.90 Å². The van der Waals surface area contributed by atoms with Gasteiger partial charge >= 0.3 is 5.97 Å². The van der Waals surface area contributed by atoms with Gasteiger partial charge in [0.25, 0.3) is 0 Å². The molecule has 1 aromatic rings. The van der Waals surface area contributed by atoms with E-state index in [9.17, 15) is 13.8 Å². The first-order valence-electron chi connectivity index (χ1n) is 5.16. The van der Waals surface area contributed by atoms with Gasteiger partial charge in [0.15, 0.2) is 6.23 Å². The Kier molecular flexibility index (Phi) is 2.25. The highest BCUT2D eigenvalue weighted by atomic mass is 32.2. The van der Waals surface area contributed by atoms with Crippen LogP contribution in [0.2, 0.25) is 0 Å². The third-order valence-corrected chi connectivity index (χ3v) is 4.39. The molecule has 2 aliphatic heterocycles. The van der Waals surface area contributed by atoms with Crippen LogP contribution in [0.25, 0.3) is 0 Å². The fourth-order valence-electron chi connectivity index (χ4n) is 1.96. The van der Waals surface area contributed by atoms with E-state index in [0.717, 1.165) is 0 Å². The van der Waals surface area contributed by atoms with E-state index >= 15 is 0 Å². The highest BCUT2D eigenvalue weighted by molar-refractivity contribution is 7.86. The SMILES string of the molecule is O=C1O[C@@H]2CC(=O)N2[C@H]1S(=O)c1ccccc1. The second-order valence-corrected chi connectivity index (χ2v) is 5.37. The molecule has 1 amide bonds. The Bertz CT molecular complexity index is 515. The van der Waals surface area contributed by atoms with Crippen LogP contribution in [0.15, 0.2) is 35.2 Å². The molecule has 6 heteroatoms. The lowest BCUT2D eigenvalue weighted by Gasteiger charge is -2.33. The van der Waals surface area contributed by atoms with Crippen molar-refractivity contribution < 1.29 is 18.5 Å². The van der Waals surface area contributed by atoms with Crippen LogP contribution < -0.4 is 0 Å². The minimum Gasteiger partial charge on any atom is -0.439 e. The molecule has 0 aliphatic carbocycles. The minimum atomic E-state index is -1.58. The van der Waals surface area contributed by atoms with Crippen LogP contribution in [-0.4, -0.2) is 32.6 Å². The average Bonchev–Trinajstić information content (AvgIpc) is 2.61. The molecule has 88 valence electrons. The summed E-state index contributed by atoms with van der Waals surface area (Å²) in [4.78, 5) is 24.7. The Labute approximate surface area is 99.8 Å². The second-order valence-electron chi connectivity index (χ2n) is 3.86. The van der Waals surface area contributed by atoms with Crippen LogP contribution in [0.1, 0.15) is 6.42 Å². The van der Waals surface area contributed by atoms with Crippen molar-refractivity contribution in [2.45, 2.75) is 22.9 Å². The van der Waals surface area contributed by atoms with E-state index in [4.69, 9.17) is 4.74 Å². The van der Waals surface area contributed by atoms with E-state index in [1.807, 2.05) is 0 Å². The van der Waals surface area contributed by atoms with Gasteiger partial charge in [-0.3, -0.25) is 13.9 Å². The lowest BCUT2D eigenvalue weighted by atomic mass is 10.2. The molecule has 3 rings (SSSR count). The fourth-order valence-corrected chi connectivity index (χ4v) is 3.33. The number of β-lactam (4-membered cyclic amide) rings is 1. The van der Waals surface area contributed by atoms with Crippen molar-refractivity contribution in [3.63, 3.8) is 0 Å². The summed E-state index contributed by atoms with van der Waals surface area (Å²) in [6.45, 7) is 0. The van der Waals surface area contributed by atoms with Crippen molar-refractivity contribution >= 4 is 22.7 Å². The van der Waals surface area contributed by atoms with Crippen molar-refractivity contribution in [2.75, 3.05) is 0 Å². The largest absolute Gasteiger partial charge is 0.439 e. The van der Waals surface area contributed by atoms with Gasteiger partial charge in [-0.25, -0.2) is 4.79 Å². The Morgan fingerprint density at radius 2 is 1.94 bits per heavy atom. The number of hydrogen-bond donors (Lipinski definition) is 0. The summed E-state index contributed by atoms with van der Waals surface area (Å²) in [6, 6.07) is 8.61. The third kappa shape index (κ3) is 1.48. The van der Waals surface area contributed by atoms with Crippen molar-refractivity contribution in [1.29, 1.82) is 0 Å². The van der Waals surface area contributed by atoms with E-state index < -0.39 is 28.4 Å². The average molecular weight is 251 g/mol. The first kappa shape index (κ1) is 10.5. The molecule has 2 aliphatic rings. The molecule has 3 atom stereocenters. The Morgan fingerprint density at radius 3 is 2.59 bits per heavy atom. The third-order valence-electron chi connectivity index (χ3n) is 2.83. The summed E-state index contributed by atoms with van der Waals surface area (Å²) in [5.41, 5.74) is 0. The molecule has 1 aromatic carbocycles. The van der Waals surface area contributed by atoms with Gasteiger partial charge in [-0.05, 0) is 12.1 Å². The van der Waals surface area contributed by atoms with Gasteiger partial charge in [-0.1, -0.05) is 18.2 Å². The van der Waals surface area contributed by atoms with Crippen LogP contribution >= 0.6 is 0 Å². The summed E-state index contributed by atoms with van der Waals surface area (Å²) >= 11 is 0. The van der Waals surface area contributed by atoms with E-state index in [1.54, 1.807) is 30.3 Å². The topological polar surface area (TPSA) is 63.7 Å². The number of rotatable bonds is 2. The van der Waals surface area contributed by atoms with E-state index in [-0.39, 0.29) is 12.3 Å². The fraction of sp³-hybridized carbons (Fsp3) is 0.273. The molecular weight excluding hydrogens is 242 g/mol. The number of amides is 1. The van der Waals surface area contributed by atoms with E-state index in [0.29, 0.717) is 4.90 Å². The van der Waals surface area contributed by atoms with E-state index in [1.165, 1.54) is 4.90 Å². The van der Waals surface area contributed by atoms with Crippen molar-refractivity contribution in [2.24, 2.45) is 0 Å².